The van der Waals surface area contributed by atoms with Crippen LogP contribution in [0.2, 0.25) is 5.02 Å². The number of rotatable bonds is 1. The Morgan fingerprint density at radius 3 is 2.41 bits per heavy atom. The van der Waals surface area contributed by atoms with Gasteiger partial charge >= 0.3 is 0 Å². The lowest BCUT2D eigenvalue weighted by Crippen LogP contribution is -2.18. The third-order valence-corrected chi connectivity index (χ3v) is 3.61. The Morgan fingerprint density at radius 1 is 1.09 bits per heavy atom. The zero-order valence-electron chi connectivity index (χ0n) is 11.1. The maximum Gasteiger partial charge on any atom is 0.264 e. The van der Waals surface area contributed by atoms with Crippen LogP contribution in [0, 0.1) is 11.3 Å². The number of benzene rings is 2. The molecule has 0 atom stereocenters. The minimum absolute atomic E-state index is 0.0510. The molecule has 0 unspecified atom stereocenters. The zero-order valence-corrected chi connectivity index (χ0v) is 11.9. The number of pyridine rings is 1. The smallest absolute Gasteiger partial charge is 0.264 e. The Morgan fingerprint density at radius 2 is 1.77 bits per heavy atom. The van der Waals surface area contributed by atoms with Crippen LogP contribution in [0.5, 0.6) is 11.5 Å². The molecule has 0 saturated heterocycles. The number of phenols is 2. The molecule has 0 aliphatic carbocycles. The lowest BCUT2D eigenvalue weighted by atomic mass is 10.1. The van der Waals surface area contributed by atoms with E-state index in [0.29, 0.717) is 11.1 Å². The Kier molecular flexibility index (Phi) is 3.24. The third-order valence-electron chi connectivity index (χ3n) is 3.30. The van der Waals surface area contributed by atoms with Crippen molar-refractivity contribution in [2.45, 2.75) is 0 Å². The van der Waals surface area contributed by atoms with Gasteiger partial charge in [0.05, 0.1) is 16.0 Å². The van der Waals surface area contributed by atoms with E-state index in [1.54, 1.807) is 12.1 Å². The van der Waals surface area contributed by atoms with E-state index in [1.165, 1.54) is 35.0 Å². The Bertz CT molecular complexity index is 985. The fourth-order valence-corrected chi connectivity index (χ4v) is 2.55. The molecule has 0 bridgehead atoms. The average molecular weight is 313 g/mol. The minimum Gasteiger partial charge on any atom is -0.508 e. The maximum atomic E-state index is 12.7. The maximum absolute atomic E-state index is 12.7. The summed E-state index contributed by atoms with van der Waals surface area (Å²) in [7, 11) is 0. The molecule has 3 aromatic rings. The number of nitriles is 1. The van der Waals surface area contributed by atoms with Gasteiger partial charge in [0.25, 0.3) is 5.56 Å². The molecule has 0 aliphatic heterocycles. The molecular weight excluding hydrogens is 304 g/mol. The number of halogens is 1. The van der Waals surface area contributed by atoms with Crippen molar-refractivity contribution in [1.29, 1.82) is 5.26 Å². The fraction of sp³-hybridized carbons (Fsp3) is 0. The van der Waals surface area contributed by atoms with Crippen LogP contribution in [0.3, 0.4) is 0 Å². The first-order valence-electron chi connectivity index (χ1n) is 6.28. The van der Waals surface area contributed by atoms with Gasteiger partial charge in [-0.1, -0.05) is 11.6 Å². The van der Waals surface area contributed by atoms with Gasteiger partial charge in [0.15, 0.2) is 0 Å². The molecule has 0 amide bonds. The van der Waals surface area contributed by atoms with Gasteiger partial charge in [0, 0.05) is 17.3 Å². The van der Waals surface area contributed by atoms with Crippen LogP contribution >= 0.6 is 11.6 Å². The van der Waals surface area contributed by atoms with E-state index < -0.39 is 5.56 Å². The first-order valence-corrected chi connectivity index (χ1v) is 6.66. The first kappa shape index (κ1) is 14.0. The first-order chi connectivity index (χ1) is 10.5. The van der Waals surface area contributed by atoms with E-state index in [9.17, 15) is 20.3 Å². The molecule has 0 aliphatic rings. The summed E-state index contributed by atoms with van der Waals surface area (Å²) in [6, 6.07) is 10.5. The number of aromatic nitrogens is 1. The minimum atomic E-state index is -0.429. The summed E-state index contributed by atoms with van der Waals surface area (Å²) in [5.74, 6) is -0.0564. The number of hydrogen-bond donors (Lipinski definition) is 2. The molecule has 22 heavy (non-hydrogen) atoms. The summed E-state index contributed by atoms with van der Waals surface area (Å²) in [5.41, 5.74) is 0.125. The van der Waals surface area contributed by atoms with Gasteiger partial charge in [-0.2, -0.15) is 5.26 Å². The number of phenolic OH excluding ortho intramolecular Hbond substituents is 2. The van der Waals surface area contributed by atoms with Gasteiger partial charge in [-0.25, -0.2) is 0 Å². The summed E-state index contributed by atoms with van der Waals surface area (Å²) in [4.78, 5) is 12.7. The third kappa shape index (κ3) is 2.16. The van der Waals surface area contributed by atoms with Crippen molar-refractivity contribution in [3.8, 4) is 23.3 Å². The van der Waals surface area contributed by atoms with Crippen LogP contribution in [0.15, 0.2) is 47.4 Å². The highest BCUT2D eigenvalue weighted by Gasteiger charge is 2.14. The molecule has 108 valence electrons. The Balaban J connectivity index is 2.43. The molecule has 0 radical (unpaired) electrons. The van der Waals surface area contributed by atoms with E-state index >= 15 is 0 Å². The summed E-state index contributed by atoms with van der Waals surface area (Å²) in [6.45, 7) is 0. The van der Waals surface area contributed by atoms with Crippen LogP contribution in [-0.2, 0) is 0 Å². The van der Waals surface area contributed by atoms with Crippen molar-refractivity contribution in [3.05, 3.63) is 63.5 Å². The highest BCUT2D eigenvalue weighted by molar-refractivity contribution is 6.35. The quantitative estimate of drug-likeness (QED) is 0.723. The predicted octanol–water partition coefficient (Wildman–Crippen LogP) is 2.93. The highest BCUT2D eigenvalue weighted by atomic mass is 35.5. The molecule has 2 N–H and O–H groups in total. The van der Waals surface area contributed by atoms with E-state index in [2.05, 4.69) is 0 Å². The van der Waals surface area contributed by atoms with Gasteiger partial charge < -0.3 is 10.2 Å². The van der Waals surface area contributed by atoms with Crippen LogP contribution < -0.4 is 5.56 Å². The second-order valence-corrected chi connectivity index (χ2v) is 5.10. The molecule has 5 nitrogen and oxygen atoms in total. The second kappa shape index (κ2) is 5.10. The summed E-state index contributed by atoms with van der Waals surface area (Å²) in [6.07, 6.45) is 1.42. The molecular formula is C16H9ClN2O3. The van der Waals surface area contributed by atoms with Crippen molar-refractivity contribution < 1.29 is 10.2 Å². The monoisotopic (exact) mass is 312 g/mol. The van der Waals surface area contributed by atoms with Crippen LogP contribution in [0.1, 0.15) is 5.56 Å². The SMILES string of the molecule is N#Cc1cc(O)cc2c(Cl)cn(-c3ccc(O)cc3)c(=O)c12. The van der Waals surface area contributed by atoms with Crippen molar-refractivity contribution >= 4 is 22.4 Å². The largest absolute Gasteiger partial charge is 0.508 e. The molecule has 1 aromatic heterocycles. The summed E-state index contributed by atoms with van der Waals surface area (Å²) in [5, 5.41) is 28.8. The standard InChI is InChI=1S/C16H9ClN2O3/c17-14-8-19(10-1-3-11(20)4-2-10)16(22)15-9(7-18)5-12(21)6-13(14)15/h1-6,8,20-21H. The molecule has 2 aromatic carbocycles. The molecule has 3 rings (SSSR count). The lowest BCUT2D eigenvalue weighted by Gasteiger charge is -2.10. The van der Waals surface area contributed by atoms with Crippen molar-refractivity contribution in [2.75, 3.05) is 0 Å². The van der Waals surface area contributed by atoms with E-state index in [1.807, 2.05) is 6.07 Å². The van der Waals surface area contributed by atoms with Crippen LogP contribution in [0.25, 0.3) is 16.5 Å². The van der Waals surface area contributed by atoms with Gasteiger partial charge in [-0.15, -0.1) is 0 Å². The lowest BCUT2D eigenvalue weighted by molar-refractivity contribution is 0.475. The second-order valence-electron chi connectivity index (χ2n) is 4.70. The van der Waals surface area contributed by atoms with E-state index in [4.69, 9.17) is 11.6 Å². The predicted molar refractivity (Wildman–Crippen MR) is 82.6 cm³/mol. The van der Waals surface area contributed by atoms with Crippen LogP contribution in [-0.4, -0.2) is 14.8 Å². The van der Waals surface area contributed by atoms with Gasteiger partial charge in [-0.3, -0.25) is 9.36 Å². The molecule has 0 spiro atoms. The Labute approximate surface area is 129 Å². The fourth-order valence-electron chi connectivity index (χ4n) is 2.30. The van der Waals surface area contributed by atoms with E-state index in [-0.39, 0.29) is 27.5 Å². The van der Waals surface area contributed by atoms with Gasteiger partial charge in [-0.05, 0) is 36.4 Å². The van der Waals surface area contributed by atoms with Gasteiger partial charge in [0.2, 0.25) is 0 Å². The number of hydrogen-bond acceptors (Lipinski definition) is 4. The van der Waals surface area contributed by atoms with Gasteiger partial charge in [0.1, 0.15) is 17.6 Å². The number of nitrogens with zero attached hydrogens (tertiary/aromatic N) is 2. The highest BCUT2D eigenvalue weighted by Crippen LogP contribution is 2.28. The number of aromatic hydroxyl groups is 2. The molecule has 0 saturated carbocycles. The van der Waals surface area contributed by atoms with Crippen molar-refractivity contribution in [2.24, 2.45) is 0 Å². The zero-order chi connectivity index (χ0) is 15.9. The molecule has 1 heterocycles. The summed E-state index contributed by atoms with van der Waals surface area (Å²) < 4.78 is 1.29. The molecule has 0 fully saturated rings. The Hall–Kier alpha value is -2.97. The van der Waals surface area contributed by atoms with Crippen LogP contribution in [0.4, 0.5) is 0 Å². The number of fused-ring (bicyclic) bond motifs is 1. The van der Waals surface area contributed by atoms with E-state index in [0.717, 1.165) is 0 Å². The molecule has 6 heteroatoms. The van der Waals surface area contributed by atoms with Crippen molar-refractivity contribution in [1.82, 2.24) is 4.57 Å². The topological polar surface area (TPSA) is 86.2 Å². The summed E-state index contributed by atoms with van der Waals surface area (Å²) >= 11 is 6.19. The van der Waals surface area contributed by atoms with Crippen molar-refractivity contribution in [3.63, 3.8) is 0 Å². The average Bonchev–Trinajstić information content (AvgIpc) is 2.51. The normalized spacial score (nSPS) is 10.5.